The number of esters is 1. The highest BCUT2D eigenvalue weighted by Crippen LogP contribution is 2.07. The molecule has 108 valence electrons. The molecule has 0 atom stereocenters. The molecule has 0 saturated carbocycles. The molecular formula is C12H15N3O5. The number of carboxylic acid groups (broad SMARTS) is 1. The summed E-state index contributed by atoms with van der Waals surface area (Å²) in [6.07, 6.45) is 1.17. The molecule has 0 aliphatic heterocycles. The molecule has 0 spiro atoms. The molecule has 8 heteroatoms. The Morgan fingerprint density at radius 1 is 1.40 bits per heavy atom. The quantitative estimate of drug-likeness (QED) is 0.753. The van der Waals surface area contributed by atoms with Gasteiger partial charge < -0.3 is 20.1 Å². The number of hydrogen-bond acceptors (Lipinski definition) is 5. The standard InChI is InChI=1S/C12H15N3O5/c1-15(7-11(18)20-2)12(19)14-9-4-3-8(13-6-9)5-10(16)17/h3-4,6H,5,7H2,1-2H3,(H,14,19)(H,16,17). The zero-order chi connectivity index (χ0) is 15.1. The maximum Gasteiger partial charge on any atom is 0.325 e. The van der Waals surface area contributed by atoms with Crippen LogP contribution in [-0.4, -0.2) is 53.7 Å². The van der Waals surface area contributed by atoms with Gasteiger partial charge in [0.15, 0.2) is 0 Å². The molecule has 0 radical (unpaired) electrons. The summed E-state index contributed by atoms with van der Waals surface area (Å²) in [5.41, 5.74) is 0.791. The number of methoxy groups -OCH3 is 1. The van der Waals surface area contributed by atoms with E-state index in [1.807, 2.05) is 0 Å². The van der Waals surface area contributed by atoms with Gasteiger partial charge in [0, 0.05) is 7.05 Å². The fraction of sp³-hybridized carbons (Fsp3) is 0.333. The summed E-state index contributed by atoms with van der Waals surface area (Å²) >= 11 is 0. The average molecular weight is 281 g/mol. The van der Waals surface area contributed by atoms with Gasteiger partial charge >= 0.3 is 18.0 Å². The van der Waals surface area contributed by atoms with Crippen LogP contribution in [0.5, 0.6) is 0 Å². The van der Waals surface area contributed by atoms with Gasteiger partial charge in [0.2, 0.25) is 0 Å². The molecule has 2 N–H and O–H groups in total. The molecule has 8 nitrogen and oxygen atoms in total. The van der Waals surface area contributed by atoms with E-state index in [9.17, 15) is 14.4 Å². The van der Waals surface area contributed by atoms with Gasteiger partial charge in [-0.3, -0.25) is 14.6 Å². The van der Waals surface area contributed by atoms with E-state index in [4.69, 9.17) is 5.11 Å². The number of pyridine rings is 1. The van der Waals surface area contributed by atoms with Crippen LogP contribution in [-0.2, 0) is 20.7 Å². The minimum atomic E-state index is -0.980. The lowest BCUT2D eigenvalue weighted by atomic mass is 10.2. The van der Waals surface area contributed by atoms with Crippen LogP contribution < -0.4 is 5.32 Å². The van der Waals surface area contributed by atoms with Crippen molar-refractivity contribution in [3.8, 4) is 0 Å². The molecule has 0 aliphatic rings. The minimum Gasteiger partial charge on any atom is -0.481 e. The molecule has 1 aromatic heterocycles. The number of nitrogens with one attached hydrogen (secondary N) is 1. The van der Waals surface area contributed by atoms with Crippen molar-refractivity contribution in [3.05, 3.63) is 24.0 Å². The number of anilines is 1. The van der Waals surface area contributed by atoms with E-state index in [1.165, 1.54) is 32.5 Å². The number of carboxylic acids is 1. The van der Waals surface area contributed by atoms with Gasteiger partial charge in [0.25, 0.3) is 0 Å². The van der Waals surface area contributed by atoms with Crippen molar-refractivity contribution in [1.29, 1.82) is 0 Å². The molecule has 0 bridgehead atoms. The summed E-state index contributed by atoms with van der Waals surface area (Å²) in [5.74, 6) is -1.51. The first-order chi connectivity index (χ1) is 9.42. The highest BCUT2D eigenvalue weighted by atomic mass is 16.5. The van der Waals surface area contributed by atoms with Gasteiger partial charge in [-0.15, -0.1) is 0 Å². The van der Waals surface area contributed by atoms with Gasteiger partial charge in [-0.1, -0.05) is 0 Å². The predicted octanol–water partition coefficient (Wildman–Crippen LogP) is 0.345. The third-order valence-corrected chi connectivity index (χ3v) is 2.35. The molecule has 20 heavy (non-hydrogen) atoms. The van der Waals surface area contributed by atoms with Crippen LogP contribution >= 0.6 is 0 Å². The molecule has 0 aliphatic carbocycles. The number of carbonyl (C=O) groups is 3. The van der Waals surface area contributed by atoms with Gasteiger partial charge in [-0.25, -0.2) is 4.79 Å². The second-order valence-electron chi connectivity index (χ2n) is 3.97. The van der Waals surface area contributed by atoms with E-state index < -0.39 is 18.0 Å². The van der Waals surface area contributed by atoms with Crippen molar-refractivity contribution in [2.75, 3.05) is 26.0 Å². The fourth-order valence-electron chi connectivity index (χ4n) is 1.31. The number of likely N-dealkylation sites (N-methyl/N-ethyl adjacent to an activating group) is 1. The Morgan fingerprint density at radius 2 is 2.10 bits per heavy atom. The van der Waals surface area contributed by atoms with Gasteiger partial charge in [-0.2, -0.15) is 0 Å². The third-order valence-electron chi connectivity index (χ3n) is 2.35. The predicted molar refractivity (Wildman–Crippen MR) is 69.2 cm³/mol. The molecule has 1 aromatic rings. The lowest BCUT2D eigenvalue weighted by molar-refractivity contribution is -0.141. The van der Waals surface area contributed by atoms with Crippen molar-refractivity contribution >= 4 is 23.7 Å². The Labute approximate surface area is 115 Å². The Morgan fingerprint density at radius 3 is 2.60 bits per heavy atom. The Hall–Kier alpha value is -2.64. The smallest absolute Gasteiger partial charge is 0.325 e. The van der Waals surface area contributed by atoms with Crippen LogP contribution in [0.25, 0.3) is 0 Å². The summed E-state index contributed by atoms with van der Waals surface area (Å²) in [6.45, 7) is -0.174. The number of urea groups is 1. The number of amides is 2. The van der Waals surface area contributed by atoms with Crippen LogP contribution in [0.3, 0.4) is 0 Å². The van der Waals surface area contributed by atoms with Crippen LogP contribution in [0.15, 0.2) is 18.3 Å². The molecule has 2 amide bonds. The maximum absolute atomic E-state index is 11.7. The van der Waals surface area contributed by atoms with E-state index in [0.29, 0.717) is 11.4 Å². The lowest BCUT2D eigenvalue weighted by Crippen LogP contribution is -2.35. The van der Waals surface area contributed by atoms with Crippen molar-refractivity contribution in [1.82, 2.24) is 9.88 Å². The summed E-state index contributed by atoms with van der Waals surface area (Å²) in [6, 6.07) is 2.54. The molecule has 1 heterocycles. The normalized spacial score (nSPS) is 9.70. The Balaban J connectivity index is 2.57. The van der Waals surface area contributed by atoms with Gasteiger partial charge in [0.1, 0.15) is 6.54 Å². The Bertz CT molecular complexity index is 500. The number of rotatable bonds is 5. The number of ether oxygens (including phenoxy) is 1. The van der Waals surface area contributed by atoms with E-state index in [0.717, 1.165) is 4.90 Å². The first kappa shape index (κ1) is 15.4. The first-order valence-electron chi connectivity index (χ1n) is 5.68. The van der Waals surface area contributed by atoms with E-state index in [1.54, 1.807) is 0 Å². The lowest BCUT2D eigenvalue weighted by Gasteiger charge is -2.16. The second-order valence-corrected chi connectivity index (χ2v) is 3.97. The average Bonchev–Trinajstić information content (AvgIpc) is 2.40. The van der Waals surface area contributed by atoms with Crippen molar-refractivity contribution in [2.45, 2.75) is 6.42 Å². The highest BCUT2D eigenvalue weighted by molar-refractivity contribution is 5.91. The zero-order valence-corrected chi connectivity index (χ0v) is 11.1. The number of aromatic nitrogens is 1. The van der Waals surface area contributed by atoms with Crippen LogP contribution in [0.2, 0.25) is 0 Å². The van der Waals surface area contributed by atoms with Crippen molar-refractivity contribution in [3.63, 3.8) is 0 Å². The SMILES string of the molecule is COC(=O)CN(C)C(=O)Nc1ccc(CC(=O)O)nc1. The molecule has 0 fully saturated rings. The Kier molecular flexibility index (Phi) is 5.45. The first-order valence-corrected chi connectivity index (χ1v) is 5.68. The van der Waals surface area contributed by atoms with E-state index >= 15 is 0 Å². The molecule has 0 aromatic carbocycles. The number of carbonyl (C=O) groups excluding carboxylic acids is 2. The highest BCUT2D eigenvalue weighted by Gasteiger charge is 2.13. The van der Waals surface area contributed by atoms with Crippen LogP contribution in [0.4, 0.5) is 10.5 Å². The van der Waals surface area contributed by atoms with E-state index in [2.05, 4.69) is 15.0 Å². The van der Waals surface area contributed by atoms with Gasteiger partial charge in [-0.05, 0) is 12.1 Å². The topological polar surface area (TPSA) is 109 Å². The molecule has 0 saturated heterocycles. The van der Waals surface area contributed by atoms with Crippen molar-refractivity contribution < 1.29 is 24.2 Å². The van der Waals surface area contributed by atoms with Crippen molar-refractivity contribution in [2.24, 2.45) is 0 Å². The van der Waals surface area contributed by atoms with Crippen LogP contribution in [0.1, 0.15) is 5.69 Å². The van der Waals surface area contributed by atoms with Gasteiger partial charge in [0.05, 0.1) is 31.1 Å². The fourth-order valence-corrected chi connectivity index (χ4v) is 1.31. The van der Waals surface area contributed by atoms with Crippen LogP contribution in [0, 0.1) is 0 Å². The molecule has 1 rings (SSSR count). The second kappa shape index (κ2) is 7.07. The number of hydrogen-bond donors (Lipinski definition) is 2. The summed E-state index contributed by atoms with van der Waals surface area (Å²) in [5, 5.41) is 11.1. The number of aliphatic carboxylic acids is 1. The third kappa shape index (κ3) is 4.92. The molecule has 0 unspecified atom stereocenters. The molecular weight excluding hydrogens is 266 g/mol. The zero-order valence-electron chi connectivity index (χ0n) is 11.1. The summed E-state index contributed by atoms with van der Waals surface area (Å²) in [4.78, 5) is 38.3. The van der Waals surface area contributed by atoms with E-state index in [-0.39, 0.29) is 13.0 Å². The minimum absolute atomic E-state index is 0.174. The summed E-state index contributed by atoms with van der Waals surface area (Å²) in [7, 11) is 2.68. The number of nitrogens with zero attached hydrogens (tertiary/aromatic N) is 2. The monoisotopic (exact) mass is 281 g/mol. The summed E-state index contributed by atoms with van der Waals surface area (Å²) < 4.78 is 4.45. The largest absolute Gasteiger partial charge is 0.481 e. The maximum atomic E-state index is 11.7.